The van der Waals surface area contributed by atoms with E-state index in [2.05, 4.69) is 18.7 Å². The largest absolute Gasteiger partial charge is 0.465 e. The summed E-state index contributed by atoms with van der Waals surface area (Å²) in [6.07, 6.45) is 2.02. The predicted molar refractivity (Wildman–Crippen MR) is 75.0 cm³/mol. The van der Waals surface area contributed by atoms with Crippen molar-refractivity contribution in [2.75, 3.05) is 30.8 Å². The summed E-state index contributed by atoms with van der Waals surface area (Å²) in [5, 5.41) is 0. The Balaban J connectivity index is 3.21. The van der Waals surface area contributed by atoms with Gasteiger partial charge in [0.25, 0.3) is 0 Å². The summed E-state index contributed by atoms with van der Waals surface area (Å²) < 4.78 is 4.82. The van der Waals surface area contributed by atoms with Gasteiger partial charge >= 0.3 is 5.97 Å². The Morgan fingerprint density at radius 3 is 2.39 bits per heavy atom. The van der Waals surface area contributed by atoms with Crippen molar-refractivity contribution in [2.24, 2.45) is 0 Å². The quantitative estimate of drug-likeness (QED) is 0.623. The smallest absolute Gasteiger partial charge is 0.340 e. The van der Waals surface area contributed by atoms with Crippen LogP contribution in [0.3, 0.4) is 0 Å². The Kier molecular flexibility index (Phi) is 5.49. The topological polar surface area (TPSA) is 55.6 Å². The number of rotatable bonds is 6. The molecule has 0 aromatic heterocycles. The molecule has 18 heavy (non-hydrogen) atoms. The van der Waals surface area contributed by atoms with Crippen molar-refractivity contribution in [2.45, 2.75) is 26.7 Å². The first-order valence-electron chi connectivity index (χ1n) is 6.37. The summed E-state index contributed by atoms with van der Waals surface area (Å²) in [4.78, 5) is 13.9. The summed E-state index contributed by atoms with van der Waals surface area (Å²) in [6, 6.07) is 5.36. The molecule has 0 fully saturated rings. The lowest BCUT2D eigenvalue weighted by atomic mass is 10.1. The highest BCUT2D eigenvalue weighted by Crippen LogP contribution is 2.29. The van der Waals surface area contributed by atoms with Gasteiger partial charge in [0.2, 0.25) is 0 Å². The van der Waals surface area contributed by atoms with Crippen LogP contribution in [0.1, 0.15) is 37.0 Å². The van der Waals surface area contributed by atoms with Crippen LogP contribution < -0.4 is 10.6 Å². The van der Waals surface area contributed by atoms with E-state index >= 15 is 0 Å². The first-order valence-corrected chi connectivity index (χ1v) is 6.37. The molecule has 0 aliphatic rings. The monoisotopic (exact) mass is 250 g/mol. The molecular formula is C14H22N2O2. The fourth-order valence-electron chi connectivity index (χ4n) is 2.06. The fourth-order valence-corrected chi connectivity index (χ4v) is 2.06. The second kappa shape index (κ2) is 6.89. The summed E-state index contributed by atoms with van der Waals surface area (Å²) in [6.45, 7) is 5.98. The van der Waals surface area contributed by atoms with Crippen molar-refractivity contribution < 1.29 is 9.53 Å². The highest BCUT2D eigenvalue weighted by Gasteiger charge is 2.18. The van der Waals surface area contributed by atoms with Crippen molar-refractivity contribution in [3.05, 3.63) is 23.8 Å². The van der Waals surface area contributed by atoms with E-state index in [1.54, 1.807) is 12.1 Å². The summed E-state index contributed by atoms with van der Waals surface area (Å²) in [7, 11) is 1.39. The molecule has 0 aliphatic carbocycles. The Morgan fingerprint density at radius 1 is 1.28 bits per heavy atom. The minimum absolute atomic E-state index is 0.338. The second-order valence-corrected chi connectivity index (χ2v) is 4.22. The normalized spacial score (nSPS) is 10.2. The standard InChI is InChI=1S/C14H22N2O2/c1-4-9-16(10-5-2)13-11(14(17)18-3)7-6-8-12(13)15/h6-8H,4-5,9-10,15H2,1-3H3. The molecule has 100 valence electrons. The number of para-hydroxylation sites is 1. The van der Waals surface area contributed by atoms with E-state index in [1.165, 1.54) is 7.11 Å². The fraction of sp³-hybridized carbons (Fsp3) is 0.500. The Morgan fingerprint density at radius 2 is 1.89 bits per heavy atom. The maximum absolute atomic E-state index is 11.8. The van der Waals surface area contributed by atoms with Gasteiger partial charge in [0.15, 0.2) is 0 Å². The zero-order chi connectivity index (χ0) is 13.5. The number of methoxy groups -OCH3 is 1. The van der Waals surface area contributed by atoms with Crippen LogP contribution in [0.15, 0.2) is 18.2 Å². The van der Waals surface area contributed by atoms with Gasteiger partial charge in [0, 0.05) is 13.1 Å². The number of nitrogen functional groups attached to an aromatic ring is 1. The molecule has 0 bridgehead atoms. The van der Waals surface area contributed by atoms with Crippen molar-refractivity contribution in [3.8, 4) is 0 Å². The molecule has 4 nitrogen and oxygen atoms in total. The van der Waals surface area contributed by atoms with E-state index in [9.17, 15) is 4.79 Å². The van der Waals surface area contributed by atoms with Gasteiger partial charge in [-0.2, -0.15) is 0 Å². The van der Waals surface area contributed by atoms with Crippen LogP contribution in [0.2, 0.25) is 0 Å². The molecule has 0 heterocycles. The van der Waals surface area contributed by atoms with E-state index in [0.29, 0.717) is 11.3 Å². The lowest BCUT2D eigenvalue weighted by molar-refractivity contribution is 0.0601. The number of hydrogen-bond donors (Lipinski definition) is 1. The van der Waals surface area contributed by atoms with E-state index < -0.39 is 0 Å². The van der Waals surface area contributed by atoms with Gasteiger partial charge in [0.05, 0.1) is 24.0 Å². The molecule has 1 aromatic rings. The SMILES string of the molecule is CCCN(CCC)c1c(N)cccc1C(=O)OC. The molecule has 0 aliphatic heterocycles. The number of ether oxygens (including phenoxy) is 1. The molecule has 0 saturated carbocycles. The van der Waals surface area contributed by atoms with Gasteiger partial charge in [-0.1, -0.05) is 19.9 Å². The van der Waals surface area contributed by atoms with Gasteiger partial charge in [-0.25, -0.2) is 4.79 Å². The maximum atomic E-state index is 11.8. The predicted octanol–water partition coefficient (Wildman–Crippen LogP) is 2.68. The molecule has 0 saturated heterocycles. The van der Waals surface area contributed by atoms with Gasteiger partial charge in [-0.05, 0) is 25.0 Å². The molecule has 0 unspecified atom stereocenters. The number of carbonyl (C=O) groups excluding carboxylic acids is 1. The molecule has 4 heteroatoms. The van der Waals surface area contributed by atoms with Crippen LogP contribution >= 0.6 is 0 Å². The minimum Gasteiger partial charge on any atom is -0.465 e. The zero-order valence-electron chi connectivity index (χ0n) is 11.4. The van der Waals surface area contributed by atoms with Crippen molar-refractivity contribution in [1.29, 1.82) is 0 Å². The van der Waals surface area contributed by atoms with E-state index in [4.69, 9.17) is 10.5 Å². The van der Waals surface area contributed by atoms with Gasteiger partial charge in [-0.3, -0.25) is 0 Å². The van der Waals surface area contributed by atoms with Crippen molar-refractivity contribution in [3.63, 3.8) is 0 Å². The minimum atomic E-state index is -0.338. The molecule has 0 radical (unpaired) electrons. The van der Waals surface area contributed by atoms with E-state index in [0.717, 1.165) is 31.6 Å². The van der Waals surface area contributed by atoms with Crippen molar-refractivity contribution in [1.82, 2.24) is 0 Å². The third-order valence-electron chi connectivity index (χ3n) is 2.78. The lowest BCUT2D eigenvalue weighted by Crippen LogP contribution is -2.28. The number of benzene rings is 1. The van der Waals surface area contributed by atoms with E-state index in [-0.39, 0.29) is 5.97 Å². The molecule has 1 aromatic carbocycles. The second-order valence-electron chi connectivity index (χ2n) is 4.22. The molecule has 0 amide bonds. The van der Waals surface area contributed by atoms with Gasteiger partial charge in [-0.15, -0.1) is 0 Å². The van der Waals surface area contributed by atoms with E-state index in [1.807, 2.05) is 6.07 Å². The van der Waals surface area contributed by atoms with Crippen LogP contribution in [0, 0.1) is 0 Å². The summed E-state index contributed by atoms with van der Waals surface area (Å²) in [5.74, 6) is -0.338. The number of anilines is 2. The van der Waals surface area contributed by atoms with Gasteiger partial charge in [0.1, 0.15) is 0 Å². The molecule has 2 N–H and O–H groups in total. The summed E-state index contributed by atoms with van der Waals surface area (Å²) >= 11 is 0. The average Bonchev–Trinajstić information content (AvgIpc) is 2.37. The Bertz CT molecular complexity index is 399. The first-order chi connectivity index (χ1) is 8.65. The average molecular weight is 250 g/mol. The number of nitrogens with zero attached hydrogens (tertiary/aromatic N) is 1. The maximum Gasteiger partial charge on any atom is 0.340 e. The number of carbonyl (C=O) groups is 1. The van der Waals surface area contributed by atoms with Crippen molar-refractivity contribution >= 4 is 17.3 Å². The number of nitrogens with two attached hydrogens (primary N) is 1. The third-order valence-corrected chi connectivity index (χ3v) is 2.78. The highest BCUT2D eigenvalue weighted by atomic mass is 16.5. The zero-order valence-corrected chi connectivity index (χ0v) is 11.4. The Hall–Kier alpha value is -1.71. The molecule has 1 rings (SSSR count). The molecular weight excluding hydrogens is 228 g/mol. The lowest BCUT2D eigenvalue weighted by Gasteiger charge is -2.27. The van der Waals surface area contributed by atoms with Crippen LogP contribution in [0.4, 0.5) is 11.4 Å². The van der Waals surface area contributed by atoms with Gasteiger partial charge < -0.3 is 15.4 Å². The van der Waals surface area contributed by atoms with Crippen LogP contribution in [0.25, 0.3) is 0 Å². The Labute approximate surface area is 109 Å². The molecule has 0 spiro atoms. The van der Waals surface area contributed by atoms with Crippen LogP contribution in [-0.2, 0) is 4.74 Å². The summed E-state index contributed by atoms with van der Waals surface area (Å²) in [5.41, 5.74) is 7.99. The number of hydrogen-bond acceptors (Lipinski definition) is 4. The first kappa shape index (κ1) is 14.4. The molecule has 0 atom stereocenters. The highest BCUT2D eigenvalue weighted by molar-refractivity contribution is 5.99. The third kappa shape index (κ3) is 3.15. The van der Waals surface area contributed by atoms with Crippen LogP contribution in [-0.4, -0.2) is 26.2 Å². The van der Waals surface area contributed by atoms with Crippen LogP contribution in [0.5, 0.6) is 0 Å². The number of esters is 1.